The Morgan fingerprint density at radius 1 is 1.07 bits per heavy atom. The van der Waals surface area contributed by atoms with Crippen molar-refractivity contribution in [2.75, 3.05) is 24.6 Å². The van der Waals surface area contributed by atoms with Gasteiger partial charge in [-0.2, -0.15) is 0 Å². The van der Waals surface area contributed by atoms with Crippen LogP contribution in [0.25, 0.3) is 0 Å². The summed E-state index contributed by atoms with van der Waals surface area (Å²) in [7, 11) is 0. The van der Waals surface area contributed by atoms with Crippen LogP contribution in [0.3, 0.4) is 0 Å². The van der Waals surface area contributed by atoms with Crippen LogP contribution in [0.4, 0.5) is 11.4 Å². The quantitative estimate of drug-likeness (QED) is 0.296. The molecule has 0 spiro atoms. The van der Waals surface area contributed by atoms with Crippen molar-refractivity contribution in [3.8, 4) is 0 Å². The fourth-order valence-corrected chi connectivity index (χ4v) is 3.22. The molecule has 1 aliphatic heterocycles. The topological polar surface area (TPSA) is 89.8 Å². The summed E-state index contributed by atoms with van der Waals surface area (Å²) in [6.07, 6.45) is 1.97. The molecule has 1 fully saturated rings. The summed E-state index contributed by atoms with van der Waals surface area (Å²) in [5.74, 6) is -1.12. The van der Waals surface area contributed by atoms with Crippen molar-refractivity contribution in [1.29, 1.82) is 0 Å². The van der Waals surface area contributed by atoms with E-state index in [1.54, 1.807) is 30.3 Å². The largest absolute Gasteiger partial charge is 0.454 e. The average Bonchev–Trinajstić information content (AvgIpc) is 3.20. The van der Waals surface area contributed by atoms with E-state index in [0.29, 0.717) is 11.3 Å². The van der Waals surface area contributed by atoms with Gasteiger partial charge in [-0.3, -0.25) is 14.9 Å². The minimum absolute atomic E-state index is 0.0493. The molecule has 7 nitrogen and oxygen atoms in total. The summed E-state index contributed by atoms with van der Waals surface area (Å²) in [4.78, 5) is 37.1. The third kappa shape index (κ3) is 4.51. The lowest BCUT2D eigenvalue weighted by atomic mass is 10.1. The monoisotopic (exact) mass is 432 g/mol. The second-order valence-electron chi connectivity index (χ2n) is 6.16. The minimum atomic E-state index is -0.767. The number of benzene rings is 2. The van der Waals surface area contributed by atoms with E-state index in [1.165, 1.54) is 12.1 Å². The molecule has 2 aromatic carbocycles. The highest BCUT2D eigenvalue weighted by atomic mass is 79.9. The fraction of sp³-hybridized carbons (Fsp3) is 0.263. The molecular weight excluding hydrogens is 416 g/mol. The van der Waals surface area contributed by atoms with Gasteiger partial charge in [-0.25, -0.2) is 4.79 Å². The Labute approximate surface area is 164 Å². The molecule has 1 heterocycles. The standard InChI is InChI=1S/C19H17BrN2O5/c20-15-6-3-13(4-7-15)18(23)12-27-19(24)14-5-8-16(17(11-14)22(25)26)21-9-1-2-10-21/h3-8,11H,1-2,9-10,12H2. The number of ketones is 1. The summed E-state index contributed by atoms with van der Waals surface area (Å²) in [6.45, 7) is 1.08. The van der Waals surface area contributed by atoms with Crippen LogP contribution in [0.5, 0.6) is 0 Å². The van der Waals surface area contributed by atoms with Crippen LogP contribution >= 0.6 is 15.9 Å². The first kappa shape index (κ1) is 19.0. The summed E-state index contributed by atoms with van der Waals surface area (Å²) in [5.41, 5.74) is 0.834. The maximum absolute atomic E-state index is 12.2. The number of hydrogen-bond donors (Lipinski definition) is 0. The number of esters is 1. The fourth-order valence-electron chi connectivity index (χ4n) is 2.96. The molecule has 0 radical (unpaired) electrons. The molecule has 0 amide bonds. The van der Waals surface area contributed by atoms with E-state index in [-0.39, 0.29) is 17.0 Å². The van der Waals surface area contributed by atoms with Gasteiger partial charge in [-0.1, -0.05) is 28.1 Å². The third-order valence-corrected chi connectivity index (χ3v) is 4.88. The minimum Gasteiger partial charge on any atom is -0.454 e. The summed E-state index contributed by atoms with van der Waals surface area (Å²) < 4.78 is 5.87. The maximum atomic E-state index is 12.2. The van der Waals surface area contributed by atoms with Crippen molar-refractivity contribution in [1.82, 2.24) is 0 Å². The molecule has 0 atom stereocenters. The van der Waals surface area contributed by atoms with Crippen molar-refractivity contribution in [2.45, 2.75) is 12.8 Å². The molecule has 8 heteroatoms. The van der Waals surface area contributed by atoms with E-state index in [0.717, 1.165) is 30.4 Å². The van der Waals surface area contributed by atoms with Gasteiger partial charge < -0.3 is 9.64 Å². The molecule has 0 N–H and O–H groups in total. The summed E-state index contributed by atoms with van der Waals surface area (Å²) in [6, 6.07) is 10.9. The molecule has 27 heavy (non-hydrogen) atoms. The van der Waals surface area contributed by atoms with Gasteiger partial charge in [0.1, 0.15) is 5.69 Å². The molecule has 1 saturated heterocycles. The number of carbonyl (C=O) groups is 2. The van der Waals surface area contributed by atoms with E-state index >= 15 is 0 Å². The van der Waals surface area contributed by atoms with Gasteiger partial charge >= 0.3 is 5.97 Å². The predicted molar refractivity (Wildman–Crippen MR) is 103 cm³/mol. The number of Topliss-reactive ketones (excluding diaryl/α,β-unsaturated/α-hetero) is 1. The van der Waals surface area contributed by atoms with Crippen molar-refractivity contribution in [3.63, 3.8) is 0 Å². The van der Waals surface area contributed by atoms with Crippen LogP contribution in [-0.2, 0) is 4.74 Å². The smallest absolute Gasteiger partial charge is 0.338 e. The first-order valence-corrected chi connectivity index (χ1v) is 9.24. The molecule has 1 aliphatic rings. The Morgan fingerprint density at radius 2 is 1.70 bits per heavy atom. The number of nitro groups is 1. The van der Waals surface area contributed by atoms with E-state index in [9.17, 15) is 19.7 Å². The normalized spacial score (nSPS) is 13.4. The molecule has 0 saturated carbocycles. The molecule has 0 unspecified atom stereocenters. The summed E-state index contributed by atoms with van der Waals surface area (Å²) in [5, 5.41) is 11.4. The number of halogens is 1. The van der Waals surface area contributed by atoms with Gasteiger partial charge in [0.2, 0.25) is 0 Å². The van der Waals surface area contributed by atoms with E-state index < -0.39 is 17.5 Å². The van der Waals surface area contributed by atoms with Crippen molar-refractivity contribution in [2.24, 2.45) is 0 Å². The average molecular weight is 433 g/mol. The van der Waals surface area contributed by atoms with Crippen molar-refractivity contribution >= 4 is 39.1 Å². The number of nitrogens with zero attached hydrogens (tertiary/aromatic N) is 2. The molecule has 0 aliphatic carbocycles. The number of ether oxygens (including phenoxy) is 1. The van der Waals surface area contributed by atoms with E-state index in [1.807, 2.05) is 4.90 Å². The number of hydrogen-bond acceptors (Lipinski definition) is 6. The number of nitro benzene ring substituents is 1. The lowest BCUT2D eigenvalue weighted by Crippen LogP contribution is -2.19. The first-order chi connectivity index (χ1) is 13.0. The van der Waals surface area contributed by atoms with Gasteiger partial charge in [-0.15, -0.1) is 0 Å². The Kier molecular flexibility index (Phi) is 5.85. The highest BCUT2D eigenvalue weighted by Crippen LogP contribution is 2.31. The van der Waals surface area contributed by atoms with Gasteiger partial charge in [0.05, 0.1) is 10.5 Å². The van der Waals surface area contributed by atoms with Gasteiger partial charge in [-0.05, 0) is 37.1 Å². The lowest BCUT2D eigenvalue weighted by molar-refractivity contribution is -0.384. The van der Waals surface area contributed by atoms with Crippen molar-refractivity contribution in [3.05, 3.63) is 68.2 Å². The Balaban J connectivity index is 1.70. The Morgan fingerprint density at radius 3 is 2.33 bits per heavy atom. The highest BCUT2D eigenvalue weighted by molar-refractivity contribution is 9.10. The highest BCUT2D eigenvalue weighted by Gasteiger charge is 2.24. The van der Waals surface area contributed by atoms with E-state index in [2.05, 4.69) is 15.9 Å². The number of rotatable bonds is 6. The van der Waals surface area contributed by atoms with Gasteiger partial charge in [0, 0.05) is 29.2 Å². The van der Waals surface area contributed by atoms with Gasteiger partial charge in [0.25, 0.3) is 5.69 Å². The van der Waals surface area contributed by atoms with Crippen LogP contribution in [0.2, 0.25) is 0 Å². The number of anilines is 1. The predicted octanol–water partition coefficient (Wildman–Crippen LogP) is 4.00. The zero-order chi connectivity index (χ0) is 19.4. The molecule has 140 valence electrons. The Bertz CT molecular complexity index is 876. The SMILES string of the molecule is O=C(COC(=O)c1ccc(N2CCCC2)c([N+](=O)[O-])c1)c1ccc(Br)cc1. The van der Waals surface area contributed by atoms with Crippen LogP contribution in [0, 0.1) is 10.1 Å². The van der Waals surface area contributed by atoms with Crippen LogP contribution in [-0.4, -0.2) is 36.4 Å². The summed E-state index contributed by atoms with van der Waals surface area (Å²) >= 11 is 3.28. The number of carbonyl (C=O) groups excluding carboxylic acids is 2. The van der Waals surface area contributed by atoms with Crippen LogP contribution < -0.4 is 4.90 Å². The maximum Gasteiger partial charge on any atom is 0.338 e. The molecular formula is C19H17BrN2O5. The van der Waals surface area contributed by atoms with Crippen molar-refractivity contribution < 1.29 is 19.2 Å². The van der Waals surface area contributed by atoms with Crippen LogP contribution in [0.1, 0.15) is 33.6 Å². The second kappa shape index (κ2) is 8.30. The zero-order valence-electron chi connectivity index (χ0n) is 14.4. The Hall–Kier alpha value is -2.74. The zero-order valence-corrected chi connectivity index (χ0v) is 16.0. The molecule has 3 rings (SSSR count). The van der Waals surface area contributed by atoms with Crippen LogP contribution in [0.15, 0.2) is 46.9 Å². The lowest BCUT2D eigenvalue weighted by Gasteiger charge is -2.17. The molecule has 2 aromatic rings. The third-order valence-electron chi connectivity index (χ3n) is 4.36. The van der Waals surface area contributed by atoms with Gasteiger partial charge in [0.15, 0.2) is 12.4 Å². The first-order valence-electron chi connectivity index (χ1n) is 8.45. The molecule has 0 bridgehead atoms. The second-order valence-corrected chi connectivity index (χ2v) is 7.08. The van der Waals surface area contributed by atoms with E-state index in [4.69, 9.17) is 4.74 Å². The molecule has 0 aromatic heterocycles.